The van der Waals surface area contributed by atoms with E-state index in [1.807, 2.05) is 0 Å². The molecule has 0 aliphatic heterocycles. The molecule has 1 aromatic heterocycles. The highest BCUT2D eigenvalue weighted by molar-refractivity contribution is 5.32. The molecule has 1 heterocycles. The fraction of sp³-hybridized carbons (Fsp3) is 0. The zero-order valence-electron chi connectivity index (χ0n) is 4.03. The third-order valence-corrected chi connectivity index (χ3v) is 0.679. The molecular formula is C5H3N2O. The standard InChI is InChI=1S/C5H3N2O/c8-5-6-7-3-1-2-4-7/h1-3H. The molecule has 0 saturated carbocycles. The van der Waals surface area contributed by atoms with Crippen LogP contribution in [0.15, 0.2) is 23.4 Å². The van der Waals surface area contributed by atoms with Gasteiger partial charge in [-0.15, -0.1) is 0 Å². The quantitative estimate of drug-likeness (QED) is 0.377. The molecule has 0 unspecified atom stereocenters. The van der Waals surface area contributed by atoms with Crippen molar-refractivity contribution in [3.63, 3.8) is 0 Å². The van der Waals surface area contributed by atoms with Crippen LogP contribution in [0.5, 0.6) is 0 Å². The van der Waals surface area contributed by atoms with Gasteiger partial charge in [0.15, 0.2) is 0 Å². The first-order valence-corrected chi connectivity index (χ1v) is 2.06. The van der Waals surface area contributed by atoms with E-state index in [0.29, 0.717) is 0 Å². The van der Waals surface area contributed by atoms with Gasteiger partial charge in [-0.25, -0.2) is 9.47 Å². The van der Waals surface area contributed by atoms with Gasteiger partial charge in [0.2, 0.25) is 0 Å². The Morgan fingerprint density at radius 3 is 3.12 bits per heavy atom. The van der Waals surface area contributed by atoms with E-state index in [4.69, 9.17) is 0 Å². The minimum atomic E-state index is 1.26. The third kappa shape index (κ3) is 0.832. The summed E-state index contributed by atoms with van der Waals surface area (Å²) in [6.07, 6.45) is 5.60. The molecule has 8 heavy (non-hydrogen) atoms. The van der Waals surface area contributed by atoms with Crippen molar-refractivity contribution >= 4 is 6.08 Å². The Balaban J connectivity index is 2.93. The average molecular weight is 107 g/mol. The van der Waals surface area contributed by atoms with Crippen molar-refractivity contribution < 1.29 is 4.79 Å². The minimum Gasteiger partial charge on any atom is -0.228 e. The average Bonchev–Trinajstić information content (AvgIpc) is 2.19. The first-order chi connectivity index (χ1) is 3.93. The number of hydrogen-bond acceptors (Lipinski definition) is 2. The highest BCUT2D eigenvalue weighted by Gasteiger charge is 1.77. The molecular weight excluding hydrogens is 104 g/mol. The fourth-order valence-corrected chi connectivity index (χ4v) is 0.393. The Bertz CT molecular complexity index is 196. The molecule has 1 radical (unpaired) electrons. The Hall–Kier alpha value is -1.34. The van der Waals surface area contributed by atoms with Gasteiger partial charge in [-0.2, -0.15) is 0 Å². The second-order valence-electron chi connectivity index (χ2n) is 1.17. The van der Waals surface area contributed by atoms with E-state index in [-0.39, 0.29) is 0 Å². The molecule has 0 amide bonds. The summed E-state index contributed by atoms with van der Waals surface area (Å²) in [5.41, 5.74) is 0. The summed E-state index contributed by atoms with van der Waals surface area (Å²) in [5, 5.41) is 3.22. The maximum atomic E-state index is 9.54. The third-order valence-electron chi connectivity index (χ3n) is 0.679. The van der Waals surface area contributed by atoms with E-state index >= 15 is 0 Å². The summed E-state index contributed by atoms with van der Waals surface area (Å²) in [5.74, 6) is 0. The molecule has 0 bridgehead atoms. The van der Waals surface area contributed by atoms with Gasteiger partial charge in [0.1, 0.15) is 0 Å². The molecule has 0 aliphatic carbocycles. The summed E-state index contributed by atoms with van der Waals surface area (Å²) in [6.45, 7) is 0. The van der Waals surface area contributed by atoms with Crippen molar-refractivity contribution in [3.05, 3.63) is 24.5 Å². The van der Waals surface area contributed by atoms with Gasteiger partial charge >= 0.3 is 0 Å². The van der Waals surface area contributed by atoms with Crippen LogP contribution in [0.4, 0.5) is 0 Å². The van der Waals surface area contributed by atoms with Crippen molar-refractivity contribution in [2.24, 2.45) is 5.10 Å². The molecule has 3 nitrogen and oxygen atoms in total. The van der Waals surface area contributed by atoms with Crippen LogP contribution in [-0.4, -0.2) is 10.8 Å². The monoisotopic (exact) mass is 107 g/mol. The lowest BCUT2D eigenvalue weighted by atomic mass is 10.7. The second kappa shape index (κ2) is 2.09. The van der Waals surface area contributed by atoms with Crippen LogP contribution in [0.1, 0.15) is 0 Å². The molecule has 1 rings (SSSR count). The predicted molar refractivity (Wildman–Crippen MR) is 26.8 cm³/mol. The Kier molecular flexibility index (Phi) is 1.26. The molecule has 1 aromatic rings. The van der Waals surface area contributed by atoms with Crippen LogP contribution in [0.2, 0.25) is 0 Å². The first-order valence-electron chi connectivity index (χ1n) is 2.06. The zero-order chi connectivity index (χ0) is 5.82. The maximum Gasteiger partial charge on any atom is 0.258 e. The molecule has 0 saturated heterocycles. The topological polar surface area (TPSA) is 34.4 Å². The lowest BCUT2D eigenvalue weighted by Gasteiger charge is -1.78. The number of isocyanates is 1. The second-order valence-corrected chi connectivity index (χ2v) is 1.17. The number of nitrogens with zero attached hydrogens (tertiary/aromatic N) is 2. The maximum absolute atomic E-state index is 9.54. The van der Waals surface area contributed by atoms with Crippen LogP contribution < -0.4 is 0 Å². The van der Waals surface area contributed by atoms with Crippen molar-refractivity contribution in [2.75, 3.05) is 0 Å². The van der Waals surface area contributed by atoms with Gasteiger partial charge in [0, 0.05) is 6.20 Å². The largest absolute Gasteiger partial charge is 0.258 e. The van der Waals surface area contributed by atoms with E-state index in [9.17, 15) is 4.79 Å². The van der Waals surface area contributed by atoms with Crippen molar-refractivity contribution in [1.29, 1.82) is 0 Å². The number of aromatic nitrogens is 1. The summed E-state index contributed by atoms with van der Waals surface area (Å²) in [6, 6.07) is 3.38. The summed E-state index contributed by atoms with van der Waals surface area (Å²) < 4.78 is 1.26. The smallest absolute Gasteiger partial charge is 0.228 e. The van der Waals surface area contributed by atoms with Crippen LogP contribution in [0.3, 0.4) is 0 Å². The molecule has 0 fully saturated rings. The Labute approximate surface area is 46.2 Å². The fourth-order valence-electron chi connectivity index (χ4n) is 0.393. The van der Waals surface area contributed by atoms with Gasteiger partial charge in [0.05, 0.1) is 6.20 Å². The summed E-state index contributed by atoms with van der Waals surface area (Å²) in [4.78, 5) is 9.54. The molecule has 39 valence electrons. The molecule has 0 spiro atoms. The van der Waals surface area contributed by atoms with E-state index in [1.54, 1.807) is 18.3 Å². The first kappa shape index (κ1) is 4.81. The van der Waals surface area contributed by atoms with Gasteiger partial charge in [0.25, 0.3) is 6.08 Å². The lowest BCUT2D eigenvalue weighted by Crippen LogP contribution is -1.78. The van der Waals surface area contributed by atoms with Crippen LogP contribution in [0, 0.1) is 6.20 Å². The Morgan fingerprint density at radius 2 is 2.62 bits per heavy atom. The van der Waals surface area contributed by atoms with Crippen molar-refractivity contribution in [2.45, 2.75) is 0 Å². The van der Waals surface area contributed by atoms with Crippen LogP contribution >= 0.6 is 0 Å². The van der Waals surface area contributed by atoms with E-state index in [1.165, 1.54) is 10.8 Å². The van der Waals surface area contributed by atoms with E-state index < -0.39 is 0 Å². The SMILES string of the molecule is O=C=Nn1[c]ccc1. The normalized spacial score (nSPS) is 8.00. The zero-order valence-corrected chi connectivity index (χ0v) is 4.03. The lowest BCUT2D eigenvalue weighted by molar-refractivity contribution is 0.560. The highest BCUT2D eigenvalue weighted by atomic mass is 16.1. The van der Waals surface area contributed by atoms with Gasteiger partial charge in [-0.3, -0.25) is 0 Å². The van der Waals surface area contributed by atoms with E-state index in [2.05, 4.69) is 11.3 Å². The molecule has 0 aliphatic rings. The van der Waals surface area contributed by atoms with Crippen LogP contribution in [-0.2, 0) is 4.79 Å². The highest BCUT2D eigenvalue weighted by Crippen LogP contribution is 1.84. The number of hydrogen-bond donors (Lipinski definition) is 0. The van der Waals surface area contributed by atoms with Gasteiger partial charge in [-0.05, 0) is 12.1 Å². The summed E-state index contributed by atoms with van der Waals surface area (Å²) >= 11 is 0. The Morgan fingerprint density at radius 1 is 1.75 bits per heavy atom. The molecule has 0 aromatic carbocycles. The predicted octanol–water partition coefficient (Wildman–Crippen LogP) is 0.387. The summed E-state index contributed by atoms with van der Waals surface area (Å²) in [7, 11) is 0. The van der Waals surface area contributed by atoms with Crippen molar-refractivity contribution in [3.8, 4) is 0 Å². The van der Waals surface area contributed by atoms with Gasteiger partial charge < -0.3 is 0 Å². The number of carbonyl (C=O) groups excluding carboxylic acids is 1. The number of rotatable bonds is 1. The minimum absolute atomic E-state index is 1.26. The molecule has 0 atom stereocenters. The van der Waals surface area contributed by atoms with Crippen molar-refractivity contribution in [1.82, 2.24) is 4.68 Å². The molecule has 3 heteroatoms. The van der Waals surface area contributed by atoms with E-state index in [0.717, 1.165) is 0 Å². The molecule has 0 N–H and O–H groups in total. The van der Waals surface area contributed by atoms with Gasteiger partial charge in [-0.1, -0.05) is 5.10 Å². The van der Waals surface area contributed by atoms with Crippen LogP contribution in [0.25, 0.3) is 0 Å².